The Kier molecular flexibility index (Phi) is 4.73. The fourth-order valence-electron chi connectivity index (χ4n) is 2.21. The van der Waals surface area contributed by atoms with E-state index in [1.165, 1.54) is 5.56 Å². The van der Waals surface area contributed by atoms with Crippen LogP contribution in [0, 0.1) is 11.6 Å². The Morgan fingerprint density at radius 1 is 1.10 bits per heavy atom. The van der Waals surface area contributed by atoms with Gasteiger partial charge in [-0.25, -0.2) is 8.78 Å². The Hall–Kier alpha value is -1.45. The first-order chi connectivity index (χ1) is 9.56. The fraction of sp³-hybridized carbons (Fsp3) is 0.250. The molecule has 1 nitrogen and oxygen atoms in total. The van der Waals surface area contributed by atoms with Crippen LogP contribution in [0.2, 0.25) is 5.02 Å². The fourth-order valence-corrected chi connectivity index (χ4v) is 2.47. The minimum Gasteiger partial charge on any atom is -0.309 e. The molecule has 0 fully saturated rings. The molecule has 1 atom stereocenters. The number of rotatable bonds is 4. The lowest BCUT2D eigenvalue weighted by Gasteiger charge is -2.19. The number of halogens is 3. The molecule has 2 rings (SSSR count). The zero-order valence-corrected chi connectivity index (χ0v) is 12.1. The second kappa shape index (κ2) is 6.33. The molecule has 1 unspecified atom stereocenters. The van der Waals surface area contributed by atoms with Gasteiger partial charge in [0.2, 0.25) is 0 Å². The van der Waals surface area contributed by atoms with Crippen LogP contribution in [-0.4, -0.2) is 7.05 Å². The third-order valence-corrected chi connectivity index (χ3v) is 3.69. The van der Waals surface area contributed by atoms with E-state index in [4.69, 9.17) is 11.6 Å². The normalized spacial score (nSPS) is 12.4. The average molecular weight is 296 g/mol. The van der Waals surface area contributed by atoms with Crippen molar-refractivity contribution in [3.8, 4) is 0 Å². The van der Waals surface area contributed by atoms with Crippen LogP contribution in [0.5, 0.6) is 0 Å². The Morgan fingerprint density at radius 2 is 1.70 bits per heavy atom. The van der Waals surface area contributed by atoms with E-state index in [0.29, 0.717) is 5.56 Å². The molecule has 0 saturated carbocycles. The van der Waals surface area contributed by atoms with Crippen molar-refractivity contribution in [1.29, 1.82) is 0 Å². The highest BCUT2D eigenvalue weighted by Gasteiger charge is 2.18. The highest BCUT2D eigenvalue weighted by molar-refractivity contribution is 6.31. The van der Waals surface area contributed by atoms with Crippen molar-refractivity contribution in [1.82, 2.24) is 5.32 Å². The van der Waals surface area contributed by atoms with E-state index in [0.717, 1.165) is 24.1 Å². The van der Waals surface area contributed by atoms with Crippen molar-refractivity contribution in [2.24, 2.45) is 0 Å². The molecule has 0 aliphatic rings. The second-order valence-corrected chi connectivity index (χ2v) is 5.01. The molecular weight excluding hydrogens is 280 g/mol. The van der Waals surface area contributed by atoms with Gasteiger partial charge in [0.25, 0.3) is 0 Å². The summed E-state index contributed by atoms with van der Waals surface area (Å²) in [6.45, 7) is 2.08. The topological polar surface area (TPSA) is 12.0 Å². The molecule has 0 heterocycles. The summed E-state index contributed by atoms with van der Waals surface area (Å²) in [6.07, 6.45) is 0.955. The summed E-state index contributed by atoms with van der Waals surface area (Å²) in [7, 11) is 1.76. The van der Waals surface area contributed by atoms with Gasteiger partial charge in [-0.2, -0.15) is 0 Å². The molecule has 2 aromatic carbocycles. The maximum absolute atomic E-state index is 13.4. The van der Waals surface area contributed by atoms with Crippen molar-refractivity contribution in [3.63, 3.8) is 0 Å². The second-order valence-electron chi connectivity index (χ2n) is 4.60. The molecule has 2 aromatic rings. The number of hydrogen-bond donors (Lipinski definition) is 1. The highest BCUT2D eigenvalue weighted by Crippen LogP contribution is 2.30. The van der Waals surface area contributed by atoms with E-state index < -0.39 is 11.6 Å². The van der Waals surface area contributed by atoms with E-state index >= 15 is 0 Å². The van der Waals surface area contributed by atoms with Crippen LogP contribution in [0.1, 0.15) is 29.7 Å². The van der Waals surface area contributed by atoms with Crippen molar-refractivity contribution in [2.45, 2.75) is 19.4 Å². The van der Waals surface area contributed by atoms with Crippen molar-refractivity contribution >= 4 is 11.6 Å². The summed E-state index contributed by atoms with van der Waals surface area (Å²) in [6, 6.07) is 9.86. The largest absolute Gasteiger partial charge is 0.309 e. The van der Waals surface area contributed by atoms with Crippen LogP contribution in [0.25, 0.3) is 0 Å². The Bertz CT molecular complexity index is 596. The van der Waals surface area contributed by atoms with Crippen LogP contribution in [-0.2, 0) is 6.42 Å². The van der Waals surface area contributed by atoms with Crippen LogP contribution < -0.4 is 5.32 Å². The molecule has 4 heteroatoms. The van der Waals surface area contributed by atoms with E-state index in [-0.39, 0.29) is 11.1 Å². The van der Waals surface area contributed by atoms with Gasteiger partial charge < -0.3 is 5.32 Å². The lowest BCUT2D eigenvalue weighted by Crippen LogP contribution is -2.18. The third-order valence-electron chi connectivity index (χ3n) is 3.36. The van der Waals surface area contributed by atoms with Gasteiger partial charge >= 0.3 is 0 Å². The molecular formula is C16H16ClF2N. The zero-order chi connectivity index (χ0) is 14.7. The number of benzene rings is 2. The maximum Gasteiger partial charge on any atom is 0.160 e. The summed E-state index contributed by atoms with van der Waals surface area (Å²) in [5.74, 6) is -1.83. The van der Waals surface area contributed by atoms with Crippen LogP contribution in [0.15, 0.2) is 36.4 Å². The lowest BCUT2D eigenvalue weighted by molar-refractivity contribution is 0.505. The molecule has 20 heavy (non-hydrogen) atoms. The smallest absolute Gasteiger partial charge is 0.160 e. The van der Waals surface area contributed by atoms with Gasteiger partial charge in [0.1, 0.15) is 0 Å². The van der Waals surface area contributed by atoms with E-state index in [2.05, 4.69) is 12.2 Å². The molecule has 0 radical (unpaired) electrons. The quantitative estimate of drug-likeness (QED) is 0.820. The Labute approximate surface area is 122 Å². The first-order valence-corrected chi connectivity index (χ1v) is 6.85. The summed E-state index contributed by atoms with van der Waals surface area (Å²) in [5, 5.41) is 3.30. The number of aryl methyl sites for hydroxylation is 1. The van der Waals surface area contributed by atoms with Crippen LogP contribution in [0.4, 0.5) is 8.78 Å². The van der Waals surface area contributed by atoms with E-state index in [9.17, 15) is 8.78 Å². The highest BCUT2D eigenvalue weighted by atomic mass is 35.5. The zero-order valence-electron chi connectivity index (χ0n) is 11.4. The molecule has 106 valence electrons. The Balaban J connectivity index is 2.43. The molecule has 0 saturated heterocycles. The van der Waals surface area contributed by atoms with Crippen LogP contribution in [0.3, 0.4) is 0 Å². The van der Waals surface area contributed by atoms with Gasteiger partial charge in [-0.05, 0) is 42.3 Å². The van der Waals surface area contributed by atoms with Crippen molar-refractivity contribution in [2.75, 3.05) is 7.05 Å². The first-order valence-electron chi connectivity index (χ1n) is 6.47. The van der Waals surface area contributed by atoms with Gasteiger partial charge in [-0.15, -0.1) is 0 Å². The van der Waals surface area contributed by atoms with Gasteiger partial charge in [-0.3, -0.25) is 0 Å². The predicted octanol–water partition coefficient (Wildman–Crippen LogP) is 4.49. The van der Waals surface area contributed by atoms with Gasteiger partial charge in [-0.1, -0.05) is 42.8 Å². The Morgan fingerprint density at radius 3 is 2.25 bits per heavy atom. The molecule has 0 spiro atoms. The first kappa shape index (κ1) is 14.9. The number of nitrogens with one attached hydrogen (secondary N) is 1. The van der Waals surface area contributed by atoms with Crippen LogP contribution >= 0.6 is 11.6 Å². The summed E-state index contributed by atoms with van der Waals surface area (Å²) >= 11 is 6.04. The van der Waals surface area contributed by atoms with Gasteiger partial charge in [0.05, 0.1) is 6.04 Å². The van der Waals surface area contributed by atoms with Crippen molar-refractivity contribution in [3.05, 3.63) is 69.7 Å². The van der Waals surface area contributed by atoms with E-state index in [1.54, 1.807) is 7.05 Å². The standard InChI is InChI=1S/C16H16ClF2N/c1-3-10-4-6-11(7-5-10)16(20-2)12-8-14(18)15(19)9-13(12)17/h4-9,16,20H,3H2,1-2H3. The summed E-state index contributed by atoms with van der Waals surface area (Å²) < 4.78 is 26.6. The van der Waals surface area contributed by atoms with E-state index in [1.807, 2.05) is 24.3 Å². The molecule has 0 bridgehead atoms. The monoisotopic (exact) mass is 295 g/mol. The van der Waals surface area contributed by atoms with Gasteiger partial charge in [0, 0.05) is 5.02 Å². The minimum absolute atomic E-state index is 0.211. The molecule has 0 aromatic heterocycles. The molecule has 0 aliphatic heterocycles. The predicted molar refractivity (Wildman–Crippen MR) is 78.1 cm³/mol. The molecule has 0 aliphatic carbocycles. The SMILES string of the molecule is CCc1ccc(C(NC)c2cc(F)c(F)cc2Cl)cc1. The molecule has 1 N–H and O–H groups in total. The van der Waals surface area contributed by atoms with Gasteiger partial charge in [0.15, 0.2) is 11.6 Å². The summed E-state index contributed by atoms with van der Waals surface area (Å²) in [5.41, 5.74) is 2.70. The molecule has 0 amide bonds. The average Bonchev–Trinajstić information content (AvgIpc) is 2.46. The minimum atomic E-state index is -0.935. The number of hydrogen-bond acceptors (Lipinski definition) is 1. The lowest BCUT2D eigenvalue weighted by atomic mass is 9.97. The third kappa shape index (κ3) is 3.00. The van der Waals surface area contributed by atoms with Crippen molar-refractivity contribution < 1.29 is 8.78 Å². The summed E-state index contributed by atoms with van der Waals surface area (Å²) in [4.78, 5) is 0. The maximum atomic E-state index is 13.4.